The van der Waals surface area contributed by atoms with E-state index < -0.39 is 102 Å². The van der Waals surface area contributed by atoms with E-state index in [4.69, 9.17) is 56.3 Å². The minimum Gasteiger partial charge on any atom is -0.507 e. The molecule has 2 aromatic carbocycles. The first-order chi connectivity index (χ1) is 29.5. The third-order valence-electron chi connectivity index (χ3n) is 7.39. The molecule has 0 saturated carbocycles. The van der Waals surface area contributed by atoms with Gasteiger partial charge in [0.05, 0.1) is 12.9 Å². The van der Waals surface area contributed by atoms with Crippen LogP contribution in [0.1, 0.15) is 24.1 Å². The molecule has 63 heavy (non-hydrogen) atoms. The van der Waals surface area contributed by atoms with Crippen molar-refractivity contribution in [3.05, 3.63) is 59.7 Å². The quantitative estimate of drug-likeness (QED) is 0.0314. The number of aromatic hydroxyl groups is 1. The number of aliphatic hydroxyl groups is 1. The number of ether oxygens (including phenoxy) is 1. The molecule has 0 heterocycles. The Morgan fingerprint density at radius 3 is 1.49 bits per heavy atom. The van der Waals surface area contributed by atoms with Gasteiger partial charge < -0.3 is 98.5 Å². The second-order valence-electron chi connectivity index (χ2n) is 12.4. The monoisotopic (exact) mass is 884 g/mol. The van der Waals surface area contributed by atoms with Gasteiger partial charge in [-0.2, -0.15) is 0 Å². The van der Waals surface area contributed by atoms with Crippen LogP contribution in [0.15, 0.2) is 73.5 Å². The number of rotatable bonds is 21. The summed E-state index contributed by atoms with van der Waals surface area (Å²) in [4.78, 5) is 110. The van der Waals surface area contributed by atoms with Gasteiger partial charge in [-0.25, -0.2) is 20.0 Å². The summed E-state index contributed by atoms with van der Waals surface area (Å²) in [5.41, 5.74) is 49.0. The van der Waals surface area contributed by atoms with Gasteiger partial charge in [0.2, 0.25) is 36.8 Å². The number of nitrogens with zero attached hydrogens (tertiary/aromatic N) is 5. The van der Waals surface area contributed by atoms with Crippen molar-refractivity contribution < 1.29 is 48.5 Å². The fraction of sp³-hybridized carbons (Fsp3) is 0.273. The van der Waals surface area contributed by atoms with E-state index in [9.17, 15) is 43.8 Å². The van der Waals surface area contributed by atoms with E-state index >= 15 is 0 Å². The molecule has 7 atom stereocenters. The molecule has 0 aliphatic heterocycles. The van der Waals surface area contributed by atoms with E-state index in [0.29, 0.717) is 5.75 Å². The van der Waals surface area contributed by atoms with Crippen LogP contribution in [0.25, 0.3) is 0 Å². The minimum atomic E-state index is -2.16. The van der Waals surface area contributed by atoms with Crippen molar-refractivity contribution >= 4 is 71.3 Å². The SMILES string of the molecule is COc1ccc(O)c(C=NC(O)C(=O)NC(C(=O)NC(N=C(N)N)C(=O)NC(N=C(N)N)C(=O)NC(N=C(C)N)C(=O)NC(N=C(N)N)C(=O)NC(N)C(N)=O)c2ccccc2)c1. The molecular weight excluding hydrogens is 836 g/mol. The summed E-state index contributed by atoms with van der Waals surface area (Å²) in [6.07, 6.45) is -11.2. The molecule has 0 bridgehead atoms. The number of aliphatic hydroxyl groups excluding tert-OH is 1. The van der Waals surface area contributed by atoms with Crippen molar-refractivity contribution in [2.24, 2.45) is 76.6 Å². The average molecular weight is 885 g/mol. The van der Waals surface area contributed by atoms with Gasteiger partial charge in [-0.1, -0.05) is 30.3 Å². The number of phenols is 1. The molecule has 0 aromatic heterocycles. The third kappa shape index (κ3) is 16.8. The lowest BCUT2D eigenvalue weighted by Gasteiger charge is -2.24. The highest BCUT2D eigenvalue weighted by Crippen LogP contribution is 2.21. The second-order valence-corrected chi connectivity index (χ2v) is 12.4. The maximum atomic E-state index is 13.8. The van der Waals surface area contributed by atoms with Gasteiger partial charge in [-0.15, -0.1) is 0 Å². The lowest BCUT2D eigenvalue weighted by Crippen LogP contribution is -2.60. The predicted molar refractivity (Wildman–Crippen MR) is 223 cm³/mol. The van der Waals surface area contributed by atoms with Crippen LogP contribution in [-0.4, -0.2) is 126 Å². The van der Waals surface area contributed by atoms with Gasteiger partial charge in [0.25, 0.3) is 35.4 Å². The molecule has 26 N–H and O–H groups in total. The summed E-state index contributed by atoms with van der Waals surface area (Å²) in [6, 6.07) is 9.82. The van der Waals surface area contributed by atoms with Crippen molar-refractivity contribution in [1.29, 1.82) is 0 Å². The van der Waals surface area contributed by atoms with E-state index in [1.807, 2.05) is 10.6 Å². The number of nitrogens with one attached hydrogen (secondary N) is 6. The summed E-state index contributed by atoms with van der Waals surface area (Å²) in [5.74, 6) is -11.4. The highest BCUT2D eigenvalue weighted by Gasteiger charge is 2.34. The van der Waals surface area contributed by atoms with E-state index in [1.54, 1.807) is 6.07 Å². The van der Waals surface area contributed by atoms with Crippen LogP contribution in [-0.2, 0) is 33.6 Å². The molecule has 0 fully saturated rings. The number of phenolic OH excluding ortho intramolecular Hbond substituents is 1. The van der Waals surface area contributed by atoms with E-state index in [2.05, 4.69) is 46.2 Å². The Morgan fingerprint density at radius 2 is 1.06 bits per heavy atom. The van der Waals surface area contributed by atoms with Crippen LogP contribution in [0.4, 0.5) is 0 Å². The molecule has 340 valence electrons. The summed E-state index contributed by atoms with van der Waals surface area (Å²) in [6.45, 7) is 1.20. The van der Waals surface area contributed by atoms with Crippen molar-refractivity contribution in [1.82, 2.24) is 31.9 Å². The maximum Gasteiger partial charge on any atom is 0.272 e. The molecule has 30 nitrogen and oxygen atoms in total. The Labute approximate surface area is 356 Å². The molecule has 2 aromatic rings. The number of amidine groups is 1. The number of nitrogens with two attached hydrogens (primary N) is 9. The Hall–Kier alpha value is -8.80. The molecule has 0 radical (unpaired) electrons. The average Bonchev–Trinajstić information content (AvgIpc) is 3.20. The van der Waals surface area contributed by atoms with Gasteiger partial charge in [-0.05, 0) is 30.7 Å². The summed E-state index contributed by atoms with van der Waals surface area (Å²) in [7, 11) is 1.37. The first-order valence-electron chi connectivity index (χ1n) is 17.6. The molecule has 7 amide bonds. The van der Waals surface area contributed by atoms with Crippen LogP contribution in [0.5, 0.6) is 11.5 Å². The summed E-state index contributed by atoms with van der Waals surface area (Å²) in [5, 5.41) is 33.2. The zero-order valence-corrected chi connectivity index (χ0v) is 33.3. The number of aliphatic imine (C=N–C) groups is 5. The largest absolute Gasteiger partial charge is 0.507 e. The number of primary amides is 1. The van der Waals surface area contributed by atoms with Gasteiger partial charge in [-0.3, -0.25) is 38.6 Å². The first kappa shape index (κ1) is 50.3. The van der Waals surface area contributed by atoms with Gasteiger partial charge in [0, 0.05) is 11.8 Å². The fourth-order valence-electron chi connectivity index (χ4n) is 4.58. The number of carbonyl (C=O) groups excluding carboxylic acids is 7. The Bertz CT molecular complexity index is 2150. The number of hydrogen-bond donors (Lipinski definition) is 17. The summed E-state index contributed by atoms with van der Waals surface area (Å²) >= 11 is 0. The standard InChI is InChI=1S/C33H48N20O10/c1-12(34)44-20(26(58)49-21(51-31(37)38)25(57)46-18(35)19(36)55)48-28(60)23(53-33(41)42)50-27(59)22(52-32(39)40)47-24(56)17(13-6-4-3-5-7-13)45-30(62)29(61)43-11-14-10-15(63-2)8-9-16(14)54/h3-11,17-18,20-23,29,54,61H,35H2,1-2H3,(H2,34,44)(H2,36,55)(H,45,62)(H,46,57)(H,47,56)(H,48,60)(H,49,58)(H,50,59)(H4,37,38,51)(H4,39,40,52)(H4,41,42,53). The molecule has 0 spiro atoms. The number of amides is 7. The lowest BCUT2D eigenvalue weighted by molar-refractivity contribution is -0.136. The topological polar surface area (TPSA) is 537 Å². The van der Waals surface area contributed by atoms with Crippen LogP contribution in [0.3, 0.4) is 0 Å². The molecule has 30 heteroatoms. The maximum absolute atomic E-state index is 13.8. The van der Waals surface area contributed by atoms with Gasteiger partial charge in [0.1, 0.15) is 17.5 Å². The van der Waals surface area contributed by atoms with Crippen molar-refractivity contribution in [2.45, 2.75) is 50.0 Å². The number of guanidine groups is 3. The van der Waals surface area contributed by atoms with Crippen molar-refractivity contribution in [2.75, 3.05) is 7.11 Å². The molecular formula is C33H48N20O10. The number of carbonyl (C=O) groups is 7. The highest BCUT2D eigenvalue weighted by atomic mass is 16.5. The van der Waals surface area contributed by atoms with E-state index in [0.717, 1.165) is 6.21 Å². The number of hydrogen-bond acceptors (Lipinski definition) is 16. The second kappa shape index (κ2) is 23.7. The Balaban J connectivity index is 2.40. The first-order valence-corrected chi connectivity index (χ1v) is 17.6. The molecule has 0 aliphatic rings. The zero-order valence-electron chi connectivity index (χ0n) is 33.3. The Morgan fingerprint density at radius 1 is 0.619 bits per heavy atom. The van der Waals surface area contributed by atoms with Gasteiger partial charge in [0.15, 0.2) is 24.0 Å². The van der Waals surface area contributed by atoms with Crippen molar-refractivity contribution in [3.63, 3.8) is 0 Å². The van der Waals surface area contributed by atoms with Crippen LogP contribution < -0.4 is 88.2 Å². The van der Waals surface area contributed by atoms with Crippen LogP contribution in [0, 0.1) is 0 Å². The van der Waals surface area contributed by atoms with Crippen LogP contribution in [0.2, 0.25) is 0 Å². The smallest absolute Gasteiger partial charge is 0.272 e. The van der Waals surface area contributed by atoms with Gasteiger partial charge >= 0.3 is 0 Å². The highest BCUT2D eigenvalue weighted by molar-refractivity contribution is 5.99. The fourth-order valence-corrected chi connectivity index (χ4v) is 4.58. The van der Waals surface area contributed by atoms with Crippen LogP contribution >= 0.6 is 0 Å². The van der Waals surface area contributed by atoms with Crippen molar-refractivity contribution in [3.8, 4) is 11.5 Å². The number of benzene rings is 2. The minimum absolute atomic E-state index is 0.0724. The molecule has 2 rings (SSSR count). The molecule has 0 saturated heterocycles. The zero-order chi connectivity index (χ0) is 47.6. The molecule has 0 aliphatic carbocycles. The summed E-state index contributed by atoms with van der Waals surface area (Å²) < 4.78 is 5.08. The Kier molecular flexibility index (Phi) is 18.9. The normalized spacial score (nSPS) is 14.3. The lowest BCUT2D eigenvalue weighted by atomic mass is 10.1. The van der Waals surface area contributed by atoms with E-state index in [-0.39, 0.29) is 22.7 Å². The van der Waals surface area contributed by atoms with E-state index in [1.165, 1.54) is 56.5 Å². The third-order valence-corrected chi connectivity index (χ3v) is 7.39. The molecule has 7 unspecified atom stereocenters. The number of methoxy groups -OCH3 is 1. The predicted octanol–water partition coefficient (Wildman–Crippen LogP) is -9.15.